The lowest BCUT2D eigenvalue weighted by Gasteiger charge is -2.14. The van der Waals surface area contributed by atoms with E-state index in [0.29, 0.717) is 5.92 Å². The van der Waals surface area contributed by atoms with Crippen LogP contribution in [-0.2, 0) is 13.1 Å². The van der Waals surface area contributed by atoms with E-state index in [2.05, 4.69) is 45.2 Å². The van der Waals surface area contributed by atoms with Crippen molar-refractivity contribution in [2.45, 2.75) is 26.9 Å². The Morgan fingerprint density at radius 2 is 2.04 bits per heavy atom. The van der Waals surface area contributed by atoms with Gasteiger partial charge in [0, 0.05) is 37.2 Å². The van der Waals surface area contributed by atoms with Gasteiger partial charge in [0.05, 0.1) is 11.9 Å². The Labute approximate surface area is 137 Å². The number of hydrogen-bond donors (Lipinski definition) is 1. The lowest BCUT2D eigenvalue weighted by atomic mass is 10.1. The van der Waals surface area contributed by atoms with Gasteiger partial charge in [-0.3, -0.25) is 0 Å². The molecule has 2 heterocycles. The quantitative estimate of drug-likeness (QED) is 0.730. The van der Waals surface area contributed by atoms with E-state index in [1.165, 1.54) is 5.56 Å². The van der Waals surface area contributed by atoms with Gasteiger partial charge in [-0.2, -0.15) is 5.10 Å². The molecule has 2 aromatic heterocycles. The molecule has 5 nitrogen and oxygen atoms in total. The van der Waals surface area contributed by atoms with Crippen molar-refractivity contribution in [2.24, 2.45) is 5.92 Å². The Hall–Kier alpha value is -2.40. The highest BCUT2D eigenvalue weighted by molar-refractivity contribution is 5.30. The van der Waals surface area contributed by atoms with E-state index >= 15 is 0 Å². The number of hydrogen-bond acceptors (Lipinski definition) is 3. The van der Waals surface area contributed by atoms with Crippen molar-refractivity contribution in [1.29, 1.82) is 0 Å². The highest BCUT2D eigenvalue weighted by Gasteiger charge is 2.06. The Kier molecular flexibility index (Phi) is 4.88. The maximum absolute atomic E-state index is 4.42. The maximum Gasteiger partial charge on any atom is 0.105 e. The molecule has 3 rings (SSSR count). The molecule has 23 heavy (non-hydrogen) atoms. The number of imidazole rings is 1. The maximum atomic E-state index is 4.42. The minimum Gasteiger partial charge on any atom is -0.335 e. The molecule has 0 radical (unpaired) electrons. The van der Waals surface area contributed by atoms with Crippen molar-refractivity contribution < 1.29 is 0 Å². The van der Waals surface area contributed by atoms with E-state index in [0.717, 1.165) is 31.1 Å². The second-order valence-electron chi connectivity index (χ2n) is 5.99. The van der Waals surface area contributed by atoms with Gasteiger partial charge in [0.2, 0.25) is 0 Å². The predicted molar refractivity (Wildman–Crippen MR) is 91.4 cm³/mol. The normalized spacial score (nSPS) is 12.4. The van der Waals surface area contributed by atoms with Crippen LogP contribution in [0.5, 0.6) is 0 Å². The van der Waals surface area contributed by atoms with E-state index in [-0.39, 0.29) is 0 Å². The molecule has 0 aliphatic heterocycles. The van der Waals surface area contributed by atoms with Gasteiger partial charge in [0.1, 0.15) is 5.82 Å². The van der Waals surface area contributed by atoms with Crippen molar-refractivity contribution in [3.05, 3.63) is 66.5 Å². The molecule has 0 bridgehead atoms. The van der Waals surface area contributed by atoms with Crippen LogP contribution in [0.25, 0.3) is 5.69 Å². The molecule has 0 fully saturated rings. The minimum atomic E-state index is 0.548. The van der Waals surface area contributed by atoms with Crippen LogP contribution in [-0.4, -0.2) is 25.9 Å². The Morgan fingerprint density at radius 3 is 2.78 bits per heavy atom. The fourth-order valence-corrected chi connectivity index (χ4v) is 2.63. The first-order valence-corrected chi connectivity index (χ1v) is 8.00. The molecular formula is C18H23N5. The Balaban J connectivity index is 1.48. The summed E-state index contributed by atoms with van der Waals surface area (Å²) in [6, 6.07) is 10.2. The molecule has 0 saturated heterocycles. The highest BCUT2D eigenvalue weighted by Crippen LogP contribution is 2.08. The summed E-state index contributed by atoms with van der Waals surface area (Å²) >= 11 is 0. The summed E-state index contributed by atoms with van der Waals surface area (Å²) in [6.07, 6.45) is 7.89. The van der Waals surface area contributed by atoms with Crippen LogP contribution in [0.4, 0.5) is 0 Å². The largest absolute Gasteiger partial charge is 0.335 e. The fourth-order valence-electron chi connectivity index (χ4n) is 2.63. The standard InChI is InChI=1S/C18H23N5/c1-15(13-22-9-8-20-16(22)2)10-19-11-17-12-21-23(14-17)18-6-4-3-5-7-18/h3-9,12,14-15,19H,10-11,13H2,1-2H3. The molecule has 1 unspecified atom stereocenters. The molecule has 5 heteroatoms. The van der Waals surface area contributed by atoms with E-state index < -0.39 is 0 Å². The average Bonchev–Trinajstić information content (AvgIpc) is 3.18. The highest BCUT2D eigenvalue weighted by atomic mass is 15.3. The van der Waals surface area contributed by atoms with Gasteiger partial charge in [0.25, 0.3) is 0 Å². The van der Waals surface area contributed by atoms with Crippen LogP contribution >= 0.6 is 0 Å². The van der Waals surface area contributed by atoms with Gasteiger partial charge in [-0.05, 0) is 31.5 Å². The minimum absolute atomic E-state index is 0.548. The summed E-state index contributed by atoms with van der Waals surface area (Å²) in [5, 5.41) is 7.93. The van der Waals surface area contributed by atoms with Crippen molar-refractivity contribution in [3.63, 3.8) is 0 Å². The monoisotopic (exact) mass is 309 g/mol. The first-order valence-electron chi connectivity index (χ1n) is 8.00. The smallest absolute Gasteiger partial charge is 0.105 e. The van der Waals surface area contributed by atoms with Crippen molar-refractivity contribution in [3.8, 4) is 5.69 Å². The van der Waals surface area contributed by atoms with E-state index in [1.54, 1.807) is 0 Å². The van der Waals surface area contributed by atoms with Crippen LogP contribution < -0.4 is 5.32 Å². The fraction of sp³-hybridized carbons (Fsp3) is 0.333. The van der Waals surface area contributed by atoms with Crippen molar-refractivity contribution >= 4 is 0 Å². The van der Waals surface area contributed by atoms with Crippen LogP contribution in [0, 0.1) is 12.8 Å². The number of benzene rings is 1. The van der Waals surface area contributed by atoms with E-state index in [4.69, 9.17) is 0 Å². The number of rotatable bonds is 7. The zero-order chi connectivity index (χ0) is 16.1. The van der Waals surface area contributed by atoms with E-state index in [9.17, 15) is 0 Å². The van der Waals surface area contributed by atoms with Gasteiger partial charge in [-0.15, -0.1) is 0 Å². The SMILES string of the molecule is Cc1nccn1CC(C)CNCc1cnn(-c2ccccc2)c1. The topological polar surface area (TPSA) is 47.7 Å². The molecular weight excluding hydrogens is 286 g/mol. The third kappa shape index (κ3) is 4.07. The molecule has 0 spiro atoms. The third-order valence-corrected chi connectivity index (χ3v) is 3.91. The summed E-state index contributed by atoms with van der Waals surface area (Å²) in [5.74, 6) is 1.62. The molecule has 0 aliphatic rings. The molecule has 0 aliphatic carbocycles. The zero-order valence-electron chi connectivity index (χ0n) is 13.7. The number of nitrogens with one attached hydrogen (secondary N) is 1. The Bertz CT molecular complexity index is 729. The molecule has 1 atom stereocenters. The van der Waals surface area contributed by atoms with Crippen molar-refractivity contribution in [2.75, 3.05) is 6.54 Å². The molecule has 120 valence electrons. The number of nitrogens with zero attached hydrogens (tertiary/aromatic N) is 4. The summed E-state index contributed by atoms with van der Waals surface area (Å²) in [4.78, 5) is 4.26. The first-order chi connectivity index (χ1) is 11.2. The molecule has 1 aromatic carbocycles. The van der Waals surface area contributed by atoms with Gasteiger partial charge in [0.15, 0.2) is 0 Å². The molecule has 3 aromatic rings. The number of aromatic nitrogens is 4. The summed E-state index contributed by atoms with van der Waals surface area (Å²) in [5.41, 5.74) is 2.28. The second-order valence-corrected chi connectivity index (χ2v) is 5.99. The van der Waals surface area contributed by atoms with Gasteiger partial charge in [-0.25, -0.2) is 9.67 Å². The second kappa shape index (κ2) is 7.24. The van der Waals surface area contributed by atoms with Gasteiger partial charge in [-0.1, -0.05) is 25.1 Å². The molecule has 0 amide bonds. The van der Waals surface area contributed by atoms with Crippen LogP contribution in [0.2, 0.25) is 0 Å². The lowest BCUT2D eigenvalue weighted by Crippen LogP contribution is -2.23. The van der Waals surface area contributed by atoms with E-state index in [1.807, 2.05) is 48.4 Å². The molecule has 1 N–H and O–H groups in total. The lowest BCUT2D eigenvalue weighted by molar-refractivity contribution is 0.440. The summed E-state index contributed by atoms with van der Waals surface area (Å²) in [6.45, 7) is 7.08. The third-order valence-electron chi connectivity index (χ3n) is 3.91. The first kappa shape index (κ1) is 15.5. The van der Waals surface area contributed by atoms with Crippen LogP contribution in [0.1, 0.15) is 18.3 Å². The summed E-state index contributed by atoms with van der Waals surface area (Å²) in [7, 11) is 0. The zero-order valence-corrected chi connectivity index (χ0v) is 13.7. The Morgan fingerprint density at radius 1 is 1.22 bits per heavy atom. The molecule has 0 saturated carbocycles. The van der Waals surface area contributed by atoms with Gasteiger partial charge < -0.3 is 9.88 Å². The number of aryl methyl sites for hydroxylation is 1. The summed E-state index contributed by atoms with van der Waals surface area (Å²) < 4.78 is 4.11. The van der Waals surface area contributed by atoms with Crippen LogP contribution in [0.3, 0.4) is 0 Å². The van der Waals surface area contributed by atoms with Gasteiger partial charge >= 0.3 is 0 Å². The van der Waals surface area contributed by atoms with Crippen molar-refractivity contribution in [1.82, 2.24) is 24.6 Å². The number of para-hydroxylation sites is 1. The predicted octanol–water partition coefficient (Wildman–Crippen LogP) is 2.80. The average molecular weight is 309 g/mol. The van der Waals surface area contributed by atoms with Crippen LogP contribution in [0.15, 0.2) is 55.1 Å².